The molecule has 39 heavy (non-hydrogen) atoms. The van der Waals surface area contributed by atoms with E-state index in [0.29, 0.717) is 43.9 Å². The van der Waals surface area contributed by atoms with Gasteiger partial charge in [-0.1, -0.05) is 48.5 Å². The van der Waals surface area contributed by atoms with Gasteiger partial charge in [0.1, 0.15) is 6.04 Å². The molecule has 0 aliphatic carbocycles. The topological polar surface area (TPSA) is 56.7 Å². The van der Waals surface area contributed by atoms with E-state index in [-0.39, 0.29) is 6.92 Å². The Labute approximate surface area is 221 Å². The van der Waals surface area contributed by atoms with Gasteiger partial charge in [0.2, 0.25) is 0 Å². The van der Waals surface area contributed by atoms with Crippen LogP contribution in [0.15, 0.2) is 73.1 Å². The lowest BCUT2D eigenvalue weighted by Gasteiger charge is -2.39. The molecule has 0 saturated carbocycles. The summed E-state index contributed by atoms with van der Waals surface area (Å²) in [4.78, 5) is 20.0. The van der Waals surface area contributed by atoms with Crippen LogP contribution in [0.5, 0.6) is 0 Å². The van der Waals surface area contributed by atoms with Gasteiger partial charge in [0.05, 0.1) is 0 Å². The average Bonchev–Trinajstić information content (AvgIpc) is 2.89. The van der Waals surface area contributed by atoms with Gasteiger partial charge < -0.3 is 5.11 Å². The average molecular weight is 552 g/mol. The van der Waals surface area contributed by atoms with Crippen molar-refractivity contribution in [2.45, 2.75) is 43.8 Å². The molecule has 1 aliphatic rings. The van der Waals surface area contributed by atoms with Crippen molar-refractivity contribution in [3.05, 3.63) is 89.7 Å². The SMILES string of the molecule is CC(c1ccc(-c2ccc(CN3CCN(Cc4ccncc4)C[C@H]3C(=O)O)cc2)cc1)(C(F)(F)F)C(F)(F)F. The van der Waals surface area contributed by atoms with Crippen LogP contribution >= 0.6 is 0 Å². The predicted octanol–water partition coefficient (Wildman–Crippen LogP) is 5.90. The van der Waals surface area contributed by atoms with E-state index in [0.717, 1.165) is 23.3 Å². The number of hydrogen-bond acceptors (Lipinski definition) is 4. The summed E-state index contributed by atoms with van der Waals surface area (Å²) in [7, 11) is 0. The molecule has 2 aromatic carbocycles. The molecule has 0 bridgehead atoms. The normalized spacial score (nSPS) is 17.8. The van der Waals surface area contributed by atoms with E-state index in [1.165, 1.54) is 12.1 Å². The lowest BCUT2D eigenvalue weighted by molar-refractivity contribution is -0.297. The van der Waals surface area contributed by atoms with Crippen LogP contribution in [0.3, 0.4) is 0 Å². The molecule has 3 aromatic rings. The van der Waals surface area contributed by atoms with Crippen molar-refractivity contribution in [3.8, 4) is 11.1 Å². The summed E-state index contributed by atoms with van der Waals surface area (Å²) in [5, 5.41) is 9.82. The number of pyridine rings is 1. The van der Waals surface area contributed by atoms with E-state index in [1.807, 2.05) is 17.0 Å². The maximum Gasteiger partial charge on any atom is 0.406 e. The molecule has 5 nitrogen and oxygen atoms in total. The molecular formula is C28H27F6N3O2. The standard InChI is InChI=1S/C28H27F6N3O2/c1-26(27(29,30)31,28(32,33)34)23-8-6-22(7-9-23)21-4-2-19(3-5-21)17-37-15-14-36(18-24(37)25(38)39)16-20-10-12-35-13-11-20/h2-13,24H,14-18H2,1H3,(H,38,39)/t24-/m0/s1. The third-order valence-electron chi connectivity index (χ3n) is 7.29. The fourth-order valence-corrected chi connectivity index (χ4v) is 4.71. The number of carboxylic acid groups (broad SMARTS) is 1. The van der Waals surface area contributed by atoms with Crippen LogP contribution in [0.1, 0.15) is 23.6 Å². The minimum Gasteiger partial charge on any atom is -0.480 e. The van der Waals surface area contributed by atoms with Crippen molar-refractivity contribution in [3.63, 3.8) is 0 Å². The van der Waals surface area contributed by atoms with Gasteiger partial charge in [0.25, 0.3) is 0 Å². The minimum atomic E-state index is -5.51. The number of alkyl halides is 6. The lowest BCUT2D eigenvalue weighted by atomic mass is 9.80. The molecule has 1 aromatic heterocycles. The molecule has 1 atom stereocenters. The molecule has 1 aliphatic heterocycles. The highest BCUT2D eigenvalue weighted by Crippen LogP contribution is 2.51. The number of carbonyl (C=O) groups is 1. The summed E-state index contributed by atoms with van der Waals surface area (Å²) in [5.74, 6) is -0.921. The quantitative estimate of drug-likeness (QED) is 0.371. The number of nitrogens with zero attached hydrogens (tertiary/aromatic N) is 3. The smallest absolute Gasteiger partial charge is 0.406 e. The van der Waals surface area contributed by atoms with Gasteiger partial charge >= 0.3 is 18.3 Å². The molecule has 2 heterocycles. The van der Waals surface area contributed by atoms with Crippen molar-refractivity contribution < 1.29 is 36.2 Å². The van der Waals surface area contributed by atoms with Gasteiger partial charge in [-0.15, -0.1) is 0 Å². The van der Waals surface area contributed by atoms with Crippen LogP contribution in [-0.2, 0) is 23.3 Å². The van der Waals surface area contributed by atoms with Crippen LogP contribution < -0.4 is 0 Å². The molecule has 208 valence electrons. The number of piperazine rings is 1. The monoisotopic (exact) mass is 551 g/mol. The van der Waals surface area contributed by atoms with Crippen molar-refractivity contribution in [1.82, 2.24) is 14.8 Å². The van der Waals surface area contributed by atoms with Crippen molar-refractivity contribution >= 4 is 5.97 Å². The molecule has 1 saturated heterocycles. The zero-order valence-corrected chi connectivity index (χ0v) is 21.0. The number of halogens is 6. The highest BCUT2D eigenvalue weighted by atomic mass is 19.4. The molecule has 11 heteroatoms. The Morgan fingerprint density at radius 3 is 1.85 bits per heavy atom. The van der Waals surface area contributed by atoms with Crippen LogP contribution in [0.2, 0.25) is 0 Å². The molecule has 0 amide bonds. The van der Waals surface area contributed by atoms with Crippen molar-refractivity contribution in [1.29, 1.82) is 0 Å². The van der Waals surface area contributed by atoms with Crippen LogP contribution in [0.4, 0.5) is 26.3 Å². The molecule has 4 rings (SSSR count). The first-order chi connectivity index (χ1) is 18.3. The third-order valence-corrected chi connectivity index (χ3v) is 7.29. The zero-order chi connectivity index (χ0) is 28.4. The Balaban J connectivity index is 1.44. The summed E-state index contributed by atoms with van der Waals surface area (Å²) in [5.41, 5.74) is -1.90. The first-order valence-corrected chi connectivity index (χ1v) is 12.2. The maximum absolute atomic E-state index is 13.4. The highest BCUT2D eigenvalue weighted by molar-refractivity contribution is 5.74. The van der Waals surface area contributed by atoms with E-state index < -0.39 is 35.3 Å². The molecule has 0 spiro atoms. The second-order valence-corrected chi connectivity index (χ2v) is 9.81. The fourth-order valence-electron chi connectivity index (χ4n) is 4.71. The predicted molar refractivity (Wildman–Crippen MR) is 133 cm³/mol. The first kappa shape index (κ1) is 28.6. The molecule has 1 fully saturated rings. The Bertz CT molecular complexity index is 1250. The van der Waals surface area contributed by atoms with Gasteiger partial charge in [-0.05, 0) is 46.9 Å². The Morgan fingerprint density at radius 1 is 0.821 bits per heavy atom. The van der Waals surface area contributed by atoms with Gasteiger partial charge in [0.15, 0.2) is 5.41 Å². The van der Waals surface area contributed by atoms with Crippen molar-refractivity contribution in [2.75, 3.05) is 19.6 Å². The van der Waals surface area contributed by atoms with Crippen LogP contribution in [0, 0.1) is 0 Å². The number of hydrogen-bond donors (Lipinski definition) is 1. The van der Waals surface area contributed by atoms with Gasteiger partial charge in [0, 0.05) is 45.1 Å². The first-order valence-electron chi connectivity index (χ1n) is 12.2. The fraction of sp³-hybridized carbons (Fsp3) is 0.357. The van der Waals surface area contributed by atoms with E-state index in [2.05, 4.69) is 9.88 Å². The number of aliphatic carboxylic acids is 1. The number of benzene rings is 2. The van der Waals surface area contributed by atoms with E-state index >= 15 is 0 Å². The maximum atomic E-state index is 13.4. The van der Waals surface area contributed by atoms with E-state index in [4.69, 9.17) is 0 Å². The van der Waals surface area contributed by atoms with E-state index in [9.17, 15) is 36.2 Å². The minimum absolute atomic E-state index is 0.139. The molecule has 0 radical (unpaired) electrons. The molecule has 0 unspecified atom stereocenters. The Morgan fingerprint density at radius 2 is 1.33 bits per heavy atom. The summed E-state index contributed by atoms with van der Waals surface area (Å²) in [6.07, 6.45) is -7.62. The Hall–Kier alpha value is -3.44. The van der Waals surface area contributed by atoms with Crippen molar-refractivity contribution in [2.24, 2.45) is 0 Å². The third kappa shape index (κ3) is 6.09. The van der Waals surface area contributed by atoms with Gasteiger partial charge in [-0.25, -0.2) is 0 Å². The molecular weight excluding hydrogens is 524 g/mol. The van der Waals surface area contributed by atoms with Crippen LogP contribution in [-0.4, -0.2) is 63.9 Å². The number of aromatic nitrogens is 1. The number of rotatable bonds is 7. The molecule has 1 N–H and O–H groups in total. The lowest BCUT2D eigenvalue weighted by Crippen LogP contribution is -2.55. The summed E-state index contributed by atoms with van der Waals surface area (Å²) in [6, 6.07) is 14.3. The summed E-state index contributed by atoms with van der Waals surface area (Å²) < 4.78 is 80.3. The number of carboxylic acids is 1. The largest absolute Gasteiger partial charge is 0.480 e. The second-order valence-electron chi connectivity index (χ2n) is 9.81. The van der Waals surface area contributed by atoms with Gasteiger partial charge in [-0.2, -0.15) is 26.3 Å². The highest BCUT2D eigenvalue weighted by Gasteiger charge is 2.68. The van der Waals surface area contributed by atoms with E-state index in [1.54, 1.807) is 36.7 Å². The summed E-state index contributed by atoms with van der Waals surface area (Å²) in [6.45, 7) is 2.73. The second kappa shape index (κ2) is 11.0. The Kier molecular flexibility index (Phi) is 8.04. The van der Waals surface area contributed by atoms with Crippen LogP contribution in [0.25, 0.3) is 11.1 Å². The van der Waals surface area contributed by atoms with Gasteiger partial charge in [-0.3, -0.25) is 19.6 Å². The zero-order valence-electron chi connectivity index (χ0n) is 21.0. The summed E-state index contributed by atoms with van der Waals surface area (Å²) >= 11 is 0.